The van der Waals surface area contributed by atoms with E-state index in [0.717, 1.165) is 16.7 Å². The van der Waals surface area contributed by atoms with Gasteiger partial charge in [0.05, 0.1) is 35.0 Å². The Morgan fingerprint density at radius 2 is 1.82 bits per heavy atom. The van der Waals surface area contributed by atoms with Crippen LogP contribution in [0.3, 0.4) is 0 Å². The number of ether oxygens (including phenoxy) is 4. The summed E-state index contributed by atoms with van der Waals surface area (Å²) >= 11 is 1.32. The molecule has 3 aromatic carbocycles. The van der Waals surface area contributed by atoms with Crippen LogP contribution < -0.4 is 23.8 Å². The molecule has 2 aliphatic heterocycles. The number of aryl methyl sites for hydroxylation is 1. The van der Waals surface area contributed by atoms with E-state index in [-0.39, 0.29) is 11.3 Å². The van der Waals surface area contributed by atoms with Crippen LogP contribution in [0.25, 0.3) is 16.0 Å². The normalized spacial score (nSPS) is 17.5. The molecule has 1 amide bonds. The molecule has 44 heavy (non-hydrogen) atoms. The molecule has 10 heteroatoms. The summed E-state index contributed by atoms with van der Waals surface area (Å²) in [5, 5.41) is 12.0. The molecule has 0 aliphatic carbocycles. The van der Waals surface area contributed by atoms with Gasteiger partial charge in [-0.05, 0) is 79.8 Å². The zero-order valence-corrected chi connectivity index (χ0v) is 25.9. The number of rotatable bonds is 9. The van der Waals surface area contributed by atoms with E-state index in [0.29, 0.717) is 77.1 Å². The Balaban J connectivity index is 1.50. The lowest BCUT2D eigenvalue weighted by Crippen LogP contribution is -2.29. The number of thiazole rings is 1. The van der Waals surface area contributed by atoms with Crippen molar-refractivity contribution in [2.45, 2.75) is 40.2 Å². The fourth-order valence-electron chi connectivity index (χ4n) is 5.30. The van der Waals surface area contributed by atoms with Crippen molar-refractivity contribution in [2.75, 3.05) is 31.3 Å². The maximum absolute atomic E-state index is 13.8. The number of fused-ring (bicyclic) bond motifs is 2. The minimum absolute atomic E-state index is 0.0574. The highest BCUT2D eigenvalue weighted by atomic mass is 32.1. The SMILES string of the molecule is CCOc1cc([C@H]2C(=C(O)c3ccc4c(c3)OCCO4)C(=O)C(=O)N2c2nc3ccc(C)cc3s2)ccc1OCCC(C)C. The summed E-state index contributed by atoms with van der Waals surface area (Å²) < 4.78 is 24.2. The lowest BCUT2D eigenvalue weighted by Gasteiger charge is -2.24. The zero-order valence-electron chi connectivity index (χ0n) is 25.1. The number of nitrogens with zero attached hydrogens (tertiary/aromatic N) is 2. The van der Waals surface area contributed by atoms with E-state index in [9.17, 15) is 14.7 Å². The average Bonchev–Trinajstić information content (AvgIpc) is 3.54. The Hall–Kier alpha value is -4.57. The molecule has 2 aliphatic rings. The number of ketones is 1. The number of hydrogen-bond acceptors (Lipinski definition) is 9. The van der Waals surface area contributed by atoms with E-state index in [1.54, 1.807) is 36.4 Å². The van der Waals surface area contributed by atoms with Gasteiger partial charge in [0, 0.05) is 5.56 Å². The Morgan fingerprint density at radius 1 is 1.02 bits per heavy atom. The number of aromatic nitrogens is 1. The summed E-state index contributed by atoms with van der Waals surface area (Å²) in [4.78, 5) is 33.7. The smallest absolute Gasteiger partial charge is 0.301 e. The van der Waals surface area contributed by atoms with Crippen LogP contribution in [0.15, 0.2) is 60.2 Å². The number of benzene rings is 3. The van der Waals surface area contributed by atoms with Crippen molar-refractivity contribution in [1.29, 1.82) is 0 Å². The third kappa shape index (κ3) is 5.57. The summed E-state index contributed by atoms with van der Waals surface area (Å²) in [6.45, 7) is 9.81. The van der Waals surface area contributed by atoms with Gasteiger partial charge in [-0.3, -0.25) is 14.5 Å². The molecular formula is C34H34N2O7S. The van der Waals surface area contributed by atoms with Gasteiger partial charge in [-0.15, -0.1) is 0 Å². The molecule has 228 valence electrons. The summed E-state index contributed by atoms with van der Waals surface area (Å²) in [6.07, 6.45) is 0.875. The molecule has 0 spiro atoms. The molecule has 1 N–H and O–H groups in total. The lowest BCUT2D eigenvalue weighted by molar-refractivity contribution is -0.132. The van der Waals surface area contributed by atoms with Gasteiger partial charge in [0.1, 0.15) is 19.0 Å². The molecule has 1 aromatic heterocycles. The van der Waals surface area contributed by atoms with Crippen LogP contribution in [0.1, 0.15) is 49.9 Å². The van der Waals surface area contributed by atoms with Gasteiger partial charge in [0.2, 0.25) is 0 Å². The number of amides is 1. The first kappa shape index (κ1) is 29.5. The Morgan fingerprint density at radius 3 is 2.59 bits per heavy atom. The summed E-state index contributed by atoms with van der Waals surface area (Å²) in [5.74, 6) is 0.614. The Bertz CT molecular complexity index is 1780. The Kier molecular flexibility index (Phi) is 8.18. The van der Waals surface area contributed by atoms with E-state index >= 15 is 0 Å². The topological polar surface area (TPSA) is 107 Å². The van der Waals surface area contributed by atoms with Crippen molar-refractivity contribution in [3.63, 3.8) is 0 Å². The van der Waals surface area contributed by atoms with Crippen LogP contribution in [0.5, 0.6) is 23.0 Å². The van der Waals surface area contributed by atoms with Gasteiger partial charge >= 0.3 is 5.91 Å². The molecule has 4 aromatic rings. The zero-order chi connectivity index (χ0) is 31.0. The molecule has 1 saturated heterocycles. The number of carbonyl (C=O) groups is 2. The van der Waals surface area contributed by atoms with Crippen LogP contribution in [0, 0.1) is 12.8 Å². The second kappa shape index (κ2) is 12.2. The highest BCUT2D eigenvalue weighted by Gasteiger charge is 2.48. The second-order valence-corrected chi connectivity index (χ2v) is 12.2. The predicted octanol–water partition coefficient (Wildman–Crippen LogP) is 6.83. The van der Waals surface area contributed by atoms with Crippen LogP contribution in [0.2, 0.25) is 0 Å². The number of hydrogen-bond donors (Lipinski definition) is 1. The average molecular weight is 615 g/mol. The monoisotopic (exact) mass is 614 g/mol. The molecule has 6 rings (SSSR count). The van der Waals surface area contributed by atoms with Crippen molar-refractivity contribution in [2.24, 2.45) is 5.92 Å². The van der Waals surface area contributed by atoms with Crippen molar-refractivity contribution in [3.8, 4) is 23.0 Å². The molecule has 9 nitrogen and oxygen atoms in total. The summed E-state index contributed by atoms with van der Waals surface area (Å²) in [5.41, 5.74) is 2.61. The predicted molar refractivity (Wildman–Crippen MR) is 169 cm³/mol. The van der Waals surface area contributed by atoms with Gasteiger partial charge in [-0.25, -0.2) is 4.98 Å². The minimum atomic E-state index is -0.978. The first-order valence-corrected chi connectivity index (χ1v) is 15.5. The maximum atomic E-state index is 13.8. The van der Waals surface area contributed by atoms with E-state index in [2.05, 4.69) is 13.8 Å². The van der Waals surface area contributed by atoms with Gasteiger partial charge in [-0.1, -0.05) is 37.3 Å². The number of anilines is 1. The first-order chi connectivity index (χ1) is 21.2. The van der Waals surface area contributed by atoms with Crippen LogP contribution in [-0.2, 0) is 9.59 Å². The molecule has 1 atom stereocenters. The lowest BCUT2D eigenvalue weighted by atomic mass is 9.95. The third-order valence-electron chi connectivity index (χ3n) is 7.53. The van der Waals surface area contributed by atoms with Crippen molar-refractivity contribution in [1.82, 2.24) is 4.98 Å². The molecule has 1 fully saturated rings. The fourth-order valence-corrected chi connectivity index (χ4v) is 6.39. The quantitative estimate of drug-likeness (QED) is 0.124. The Labute approximate surface area is 259 Å². The highest BCUT2D eigenvalue weighted by molar-refractivity contribution is 7.22. The van der Waals surface area contributed by atoms with E-state index < -0.39 is 17.7 Å². The van der Waals surface area contributed by atoms with E-state index in [1.807, 2.05) is 32.0 Å². The highest BCUT2D eigenvalue weighted by Crippen LogP contribution is 2.46. The van der Waals surface area contributed by atoms with Crippen molar-refractivity contribution < 1.29 is 33.6 Å². The first-order valence-electron chi connectivity index (χ1n) is 14.7. The van der Waals surface area contributed by atoms with Crippen LogP contribution in [0.4, 0.5) is 5.13 Å². The second-order valence-electron chi connectivity index (χ2n) is 11.2. The third-order valence-corrected chi connectivity index (χ3v) is 8.55. The van der Waals surface area contributed by atoms with Gasteiger partial charge in [-0.2, -0.15) is 0 Å². The van der Waals surface area contributed by atoms with Gasteiger partial charge in [0.25, 0.3) is 5.78 Å². The summed E-state index contributed by atoms with van der Waals surface area (Å²) in [7, 11) is 0. The number of carbonyl (C=O) groups excluding carboxylic acids is 2. The molecular weight excluding hydrogens is 580 g/mol. The van der Waals surface area contributed by atoms with Crippen molar-refractivity contribution >= 4 is 44.1 Å². The van der Waals surface area contributed by atoms with Gasteiger partial charge in [0.15, 0.2) is 28.1 Å². The maximum Gasteiger partial charge on any atom is 0.301 e. The minimum Gasteiger partial charge on any atom is -0.507 e. The molecule has 3 heterocycles. The standard InChI is InChI=1S/C34H34N2O7S/c1-5-40-26-17-21(7-10-24(26)41-13-12-19(2)3)30-29(31(37)22-8-11-25-27(18-22)43-15-14-42-25)32(38)33(39)36(30)34-35-23-9-6-20(4)16-28(23)44-34/h6-11,16-19,30,37H,5,12-15H2,1-4H3/t30-/m0/s1. The summed E-state index contributed by atoms with van der Waals surface area (Å²) in [6, 6.07) is 15.2. The van der Waals surface area contributed by atoms with E-state index in [1.165, 1.54) is 16.2 Å². The largest absolute Gasteiger partial charge is 0.507 e. The molecule has 0 radical (unpaired) electrons. The van der Waals surface area contributed by atoms with E-state index in [4.69, 9.17) is 23.9 Å². The molecule has 0 saturated carbocycles. The number of Topliss-reactive ketones (excluding diaryl/α,β-unsaturated/α-hetero) is 1. The number of aliphatic hydroxyl groups is 1. The molecule has 0 bridgehead atoms. The fraction of sp³-hybridized carbons (Fsp3) is 0.324. The number of aliphatic hydroxyl groups excluding tert-OH is 1. The van der Waals surface area contributed by atoms with Crippen LogP contribution >= 0.6 is 11.3 Å². The van der Waals surface area contributed by atoms with Crippen molar-refractivity contribution in [3.05, 3.63) is 76.9 Å². The van der Waals surface area contributed by atoms with Gasteiger partial charge < -0.3 is 24.1 Å². The molecule has 0 unspecified atom stereocenters. The van der Waals surface area contributed by atoms with Crippen LogP contribution in [-0.4, -0.2) is 48.2 Å².